The van der Waals surface area contributed by atoms with E-state index < -0.39 is 0 Å². The molecule has 0 N–H and O–H groups in total. The summed E-state index contributed by atoms with van der Waals surface area (Å²) in [6, 6.07) is 39.0. The summed E-state index contributed by atoms with van der Waals surface area (Å²) in [5.41, 5.74) is 27.7. The first-order valence-corrected chi connectivity index (χ1v) is 36.0. The summed E-state index contributed by atoms with van der Waals surface area (Å²) in [6.07, 6.45) is 14.1. The average Bonchev–Trinajstić information content (AvgIpc) is 1.43. The molecule has 8 aliphatic rings. The topological polar surface area (TPSA) is 22.9 Å². The van der Waals surface area contributed by atoms with Crippen LogP contribution in [0.3, 0.4) is 0 Å². The molecule has 4 nitrogen and oxygen atoms in total. The summed E-state index contributed by atoms with van der Waals surface area (Å²) in [5, 5.41) is 2.66. The van der Waals surface area contributed by atoms with Crippen molar-refractivity contribution in [3.63, 3.8) is 0 Å². The number of anilines is 8. The van der Waals surface area contributed by atoms with E-state index in [1.807, 2.05) is 0 Å². The lowest BCUT2D eigenvalue weighted by Gasteiger charge is -2.51. The van der Waals surface area contributed by atoms with Gasteiger partial charge < -0.3 is 14.2 Å². The molecule has 6 aromatic carbocycles. The fourth-order valence-electron chi connectivity index (χ4n) is 19.8. The third-order valence-electron chi connectivity index (χ3n) is 26.6. The van der Waals surface area contributed by atoms with Gasteiger partial charge in [-0.1, -0.05) is 176 Å². The number of hydrogen-bond donors (Lipinski definition) is 0. The first kappa shape index (κ1) is 59.3. The number of benzene rings is 6. The molecule has 2 unspecified atom stereocenters. The lowest BCUT2D eigenvalue weighted by atomic mass is 9.36. The highest BCUT2D eigenvalue weighted by molar-refractivity contribution is 7.34. The Morgan fingerprint density at radius 3 is 1.39 bits per heavy atom. The van der Waals surface area contributed by atoms with Crippen LogP contribution in [0.15, 0.2) is 95.4 Å². The SMILES string of the molecule is CC(C)(C)c1ccc2c(c1)C1(C)CCCCC1(C)N2c1cc2c3c(c1)N(c1ccc4c(c1)C(C)(C)CCC4(C)C)c1c(sc4cc5c(cc14)C(C)(C)CCC5(C)C)B3c1c(oc3cc4c(cc13)C(C)(C)CCC4(C)C)N2c1ccc2c(c1)C(C)(C)CCC2(C)C. The molecule has 1 fully saturated rings. The van der Waals surface area contributed by atoms with Gasteiger partial charge in [-0.3, -0.25) is 4.90 Å². The molecular formula is C84H102BN3OS. The molecule has 6 heteroatoms. The van der Waals surface area contributed by atoms with Gasteiger partial charge in [-0.15, -0.1) is 11.3 Å². The van der Waals surface area contributed by atoms with Crippen LogP contribution < -0.4 is 30.4 Å². The number of hydrogen-bond acceptors (Lipinski definition) is 5. The maximum Gasteiger partial charge on any atom is 0.269 e. The fourth-order valence-corrected chi connectivity index (χ4v) is 21.1. The summed E-state index contributed by atoms with van der Waals surface area (Å²) >= 11 is 2.08. The molecular weight excluding hydrogens is 1110 g/mol. The van der Waals surface area contributed by atoms with E-state index in [1.165, 1.54) is 172 Å². The van der Waals surface area contributed by atoms with Gasteiger partial charge in [-0.25, -0.2) is 0 Å². The number of furan rings is 1. The molecule has 2 atom stereocenters. The van der Waals surface area contributed by atoms with Crippen molar-refractivity contribution in [2.45, 2.75) is 282 Å². The molecule has 0 radical (unpaired) electrons. The van der Waals surface area contributed by atoms with Gasteiger partial charge in [0.05, 0.1) is 11.2 Å². The third-order valence-corrected chi connectivity index (χ3v) is 27.8. The highest BCUT2D eigenvalue weighted by Crippen LogP contribution is 2.64. The van der Waals surface area contributed by atoms with Crippen molar-refractivity contribution in [2.24, 2.45) is 0 Å². The standard InChI is InChI=1S/C84H102BN3OS/c1-74(2,3)49-24-29-64-63(40-49)83(20)30-22-23-31-84(83,21)88(64)52-43-65-70-66(44-52)87(51-26-28-56-58(42-51)78(10,11)35-33-76(56,6)7)73-69(53-45-59-61(47-67(53)89-73)81(16,17)38-36-79(59,12)13)85(70)72-71(54-46-60-62(48-68(54)90-72)82(18,19)39-37-80(60,14)15)86(65)50-25-27-55-57(41-50)77(8,9)34-32-75(55,4)5/h24-29,40-48H,22-23,30-39H2,1-21H3. The second-order valence-corrected chi connectivity index (χ2v) is 38.2. The molecule has 1 saturated carbocycles. The number of fused-ring (bicyclic) bond motifs is 15. The largest absolute Gasteiger partial charge is 0.440 e. The maximum atomic E-state index is 8.01. The Bertz CT molecular complexity index is 4450. The van der Waals surface area contributed by atoms with Gasteiger partial charge in [0, 0.05) is 65.3 Å². The monoisotopic (exact) mass is 1210 g/mol. The summed E-state index contributed by atoms with van der Waals surface area (Å²) in [4.78, 5) is 8.40. The van der Waals surface area contributed by atoms with Crippen molar-refractivity contribution >= 4 is 101 Å². The zero-order valence-electron chi connectivity index (χ0n) is 58.9. The van der Waals surface area contributed by atoms with Crippen LogP contribution >= 0.6 is 11.3 Å². The molecule has 3 aliphatic heterocycles. The summed E-state index contributed by atoms with van der Waals surface area (Å²) in [5.74, 6) is 0.984. The van der Waals surface area contributed by atoms with Crippen LogP contribution in [0.2, 0.25) is 0 Å². The van der Waals surface area contributed by atoms with Gasteiger partial charge in [-0.05, 0) is 248 Å². The van der Waals surface area contributed by atoms with E-state index in [-0.39, 0.29) is 66.4 Å². The third kappa shape index (κ3) is 7.96. The van der Waals surface area contributed by atoms with E-state index in [0.717, 1.165) is 43.6 Å². The first-order valence-electron chi connectivity index (χ1n) is 35.2. The van der Waals surface area contributed by atoms with Crippen LogP contribution in [0.4, 0.5) is 45.7 Å². The van der Waals surface area contributed by atoms with Gasteiger partial charge >= 0.3 is 0 Å². The highest BCUT2D eigenvalue weighted by atomic mass is 32.1. The van der Waals surface area contributed by atoms with Gasteiger partial charge in [0.1, 0.15) is 5.58 Å². The Morgan fingerprint density at radius 1 is 0.400 bits per heavy atom. The highest BCUT2D eigenvalue weighted by Gasteiger charge is 2.59. The van der Waals surface area contributed by atoms with E-state index in [0.29, 0.717) is 0 Å². The van der Waals surface area contributed by atoms with Crippen LogP contribution in [0.1, 0.15) is 278 Å². The summed E-state index contributed by atoms with van der Waals surface area (Å²) in [7, 11) is 0. The quantitative estimate of drug-likeness (QED) is 0.164. The molecule has 0 spiro atoms. The molecule has 468 valence electrons. The van der Waals surface area contributed by atoms with Gasteiger partial charge in [0.2, 0.25) is 5.88 Å². The molecule has 90 heavy (non-hydrogen) atoms. The Kier molecular flexibility index (Phi) is 12.0. The first-order chi connectivity index (χ1) is 41.9. The van der Waals surface area contributed by atoms with Crippen LogP contribution in [0.5, 0.6) is 0 Å². The van der Waals surface area contributed by atoms with Crippen molar-refractivity contribution in [2.75, 3.05) is 14.7 Å². The van der Waals surface area contributed by atoms with Crippen molar-refractivity contribution < 1.29 is 4.42 Å². The molecule has 16 rings (SSSR count). The number of nitrogens with zero attached hydrogens (tertiary/aromatic N) is 3. The summed E-state index contributed by atoms with van der Waals surface area (Å²) < 4.78 is 10.8. The zero-order chi connectivity index (χ0) is 63.7. The predicted molar refractivity (Wildman–Crippen MR) is 388 cm³/mol. The molecule has 2 aromatic heterocycles. The minimum Gasteiger partial charge on any atom is -0.440 e. The van der Waals surface area contributed by atoms with E-state index >= 15 is 0 Å². The fraction of sp³-hybridized carbons (Fsp3) is 0.524. The van der Waals surface area contributed by atoms with Crippen LogP contribution in [-0.2, 0) is 54.1 Å². The lowest BCUT2D eigenvalue weighted by molar-refractivity contribution is 0.195. The smallest absolute Gasteiger partial charge is 0.269 e. The number of thiophene rings is 1. The van der Waals surface area contributed by atoms with Crippen LogP contribution in [-0.4, -0.2) is 12.3 Å². The van der Waals surface area contributed by atoms with E-state index in [9.17, 15) is 0 Å². The second-order valence-electron chi connectivity index (χ2n) is 37.1. The Balaban J connectivity index is 1.09. The Morgan fingerprint density at radius 2 is 0.856 bits per heavy atom. The Labute approximate surface area is 545 Å². The van der Waals surface area contributed by atoms with Gasteiger partial charge in [0.25, 0.3) is 6.71 Å². The van der Waals surface area contributed by atoms with Crippen molar-refractivity contribution in [1.29, 1.82) is 0 Å². The average molecular weight is 1210 g/mol. The van der Waals surface area contributed by atoms with E-state index in [4.69, 9.17) is 4.42 Å². The summed E-state index contributed by atoms with van der Waals surface area (Å²) in [6.45, 7) is 52.4. The minimum atomic E-state index is -0.187. The van der Waals surface area contributed by atoms with Crippen molar-refractivity contribution in [3.05, 3.63) is 147 Å². The van der Waals surface area contributed by atoms with E-state index in [2.05, 4.69) is 262 Å². The Hall–Kier alpha value is -5.72. The molecule has 0 amide bonds. The second kappa shape index (κ2) is 18.1. The molecule has 0 saturated heterocycles. The molecule has 8 aromatic rings. The normalized spacial score (nSPS) is 25.3. The van der Waals surface area contributed by atoms with Crippen LogP contribution in [0, 0.1) is 0 Å². The van der Waals surface area contributed by atoms with Crippen molar-refractivity contribution in [1.82, 2.24) is 0 Å². The van der Waals surface area contributed by atoms with Gasteiger partial charge in [0.15, 0.2) is 0 Å². The lowest BCUT2D eigenvalue weighted by Crippen LogP contribution is -2.60. The van der Waals surface area contributed by atoms with Gasteiger partial charge in [-0.2, -0.15) is 0 Å². The number of rotatable bonds is 3. The molecule has 0 bridgehead atoms. The molecule has 5 heterocycles. The minimum absolute atomic E-state index is 0.00154. The predicted octanol–water partition coefficient (Wildman–Crippen LogP) is 22.2. The molecule has 5 aliphatic carbocycles. The van der Waals surface area contributed by atoms with Crippen LogP contribution in [0.25, 0.3) is 21.1 Å². The maximum absolute atomic E-state index is 8.01. The van der Waals surface area contributed by atoms with E-state index in [1.54, 1.807) is 0 Å². The zero-order valence-corrected chi connectivity index (χ0v) is 59.7. The van der Waals surface area contributed by atoms with Crippen molar-refractivity contribution in [3.8, 4) is 0 Å².